The smallest absolute Gasteiger partial charge is 0.113 e. The summed E-state index contributed by atoms with van der Waals surface area (Å²) >= 11 is 7.34. The molecule has 0 radical (unpaired) electrons. The van der Waals surface area contributed by atoms with Crippen LogP contribution in [0.5, 0.6) is 0 Å². The third kappa shape index (κ3) is 1.70. The van der Waals surface area contributed by atoms with Crippen LogP contribution in [0.2, 0.25) is 4.34 Å². The quantitative estimate of drug-likeness (QED) is 0.802. The fraction of sp³-hybridized carbons (Fsp3) is 0.600. The molecule has 1 aromatic rings. The molecule has 1 N–H and O–H groups in total. The topological polar surface area (TPSA) is 23.5 Å². The Morgan fingerprint density at radius 1 is 1.64 bits per heavy atom. The predicted molar refractivity (Wildman–Crippen MR) is 59.9 cm³/mol. The van der Waals surface area contributed by atoms with Crippen LogP contribution < -0.4 is 0 Å². The van der Waals surface area contributed by atoms with Crippen molar-refractivity contribution in [2.75, 3.05) is 13.6 Å². The van der Waals surface area contributed by atoms with Crippen molar-refractivity contribution >= 4 is 22.9 Å². The Hall–Kier alpha value is -0.0900. The molecule has 1 saturated heterocycles. The van der Waals surface area contributed by atoms with E-state index >= 15 is 0 Å². The number of likely N-dealkylation sites (tertiary alicyclic amines) is 1. The second-order valence-corrected chi connectivity index (χ2v) is 5.82. The number of nitrogens with zero attached hydrogens (tertiary/aromatic N) is 1. The van der Waals surface area contributed by atoms with Crippen LogP contribution in [-0.4, -0.2) is 29.6 Å². The zero-order valence-electron chi connectivity index (χ0n) is 8.33. The lowest BCUT2D eigenvalue weighted by Gasteiger charge is -2.20. The summed E-state index contributed by atoms with van der Waals surface area (Å²) in [6, 6.07) is 4.21. The van der Waals surface area contributed by atoms with Crippen LogP contribution in [0.25, 0.3) is 0 Å². The second-order valence-electron chi connectivity index (χ2n) is 4.10. The van der Waals surface area contributed by atoms with Gasteiger partial charge in [-0.2, -0.15) is 0 Å². The molecule has 2 heterocycles. The number of likely N-dealkylation sites (N-methyl/N-ethyl adjacent to an activating group) is 1. The molecule has 0 aromatic carbocycles. The van der Waals surface area contributed by atoms with Gasteiger partial charge < -0.3 is 10.0 Å². The Morgan fingerprint density at radius 3 is 2.79 bits per heavy atom. The molecule has 2 unspecified atom stereocenters. The van der Waals surface area contributed by atoms with Crippen molar-refractivity contribution < 1.29 is 5.11 Å². The molecule has 0 saturated carbocycles. The van der Waals surface area contributed by atoms with E-state index in [-0.39, 0.29) is 0 Å². The Labute approximate surface area is 93.1 Å². The maximum absolute atomic E-state index is 10.4. The van der Waals surface area contributed by atoms with Crippen molar-refractivity contribution in [3.63, 3.8) is 0 Å². The third-order valence-electron chi connectivity index (χ3n) is 2.93. The van der Waals surface area contributed by atoms with Crippen molar-refractivity contribution in [3.05, 3.63) is 21.3 Å². The van der Waals surface area contributed by atoms with E-state index in [0.717, 1.165) is 15.6 Å². The second kappa shape index (κ2) is 3.49. The van der Waals surface area contributed by atoms with Gasteiger partial charge in [-0.15, -0.1) is 11.3 Å². The molecule has 0 spiro atoms. The first-order chi connectivity index (χ1) is 6.51. The van der Waals surface area contributed by atoms with E-state index in [4.69, 9.17) is 11.6 Å². The molecule has 2 rings (SSSR count). The Morgan fingerprint density at radius 2 is 2.36 bits per heavy atom. The molecule has 2 atom stereocenters. The number of hydrogen-bond donors (Lipinski definition) is 1. The summed E-state index contributed by atoms with van der Waals surface area (Å²) in [5.74, 6) is 0. The van der Waals surface area contributed by atoms with Crippen LogP contribution >= 0.6 is 22.9 Å². The van der Waals surface area contributed by atoms with Gasteiger partial charge in [-0.05, 0) is 32.5 Å². The number of aliphatic hydroxyl groups is 1. The molecular weight excluding hydrogens is 218 g/mol. The summed E-state index contributed by atoms with van der Waals surface area (Å²) in [4.78, 5) is 3.16. The minimum Gasteiger partial charge on any atom is -0.383 e. The van der Waals surface area contributed by atoms with Crippen LogP contribution in [0.3, 0.4) is 0 Å². The highest BCUT2D eigenvalue weighted by Crippen LogP contribution is 2.39. The summed E-state index contributed by atoms with van der Waals surface area (Å²) in [6.07, 6.45) is 0.792. The van der Waals surface area contributed by atoms with Crippen molar-refractivity contribution in [1.82, 2.24) is 4.90 Å². The van der Waals surface area contributed by atoms with Gasteiger partial charge in [0.15, 0.2) is 0 Å². The normalized spacial score (nSPS) is 33.9. The molecule has 1 aromatic heterocycles. The van der Waals surface area contributed by atoms with Gasteiger partial charge in [0.1, 0.15) is 5.60 Å². The standard InChI is InChI=1S/C10H14ClNOS/c1-7-5-10(13,6-12(7)2)8-3-4-9(11)14-8/h3-4,7,13H,5-6H2,1-2H3. The largest absolute Gasteiger partial charge is 0.383 e. The molecule has 0 aliphatic carbocycles. The van der Waals surface area contributed by atoms with E-state index in [1.807, 2.05) is 19.2 Å². The van der Waals surface area contributed by atoms with Gasteiger partial charge in [-0.1, -0.05) is 11.6 Å². The van der Waals surface area contributed by atoms with Gasteiger partial charge in [0.05, 0.1) is 4.34 Å². The first-order valence-corrected chi connectivity index (χ1v) is 5.89. The van der Waals surface area contributed by atoms with Gasteiger partial charge >= 0.3 is 0 Å². The minimum atomic E-state index is -0.689. The first kappa shape index (κ1) is 10.4. The lowest BCUT2D eigenvalue weighted by Crippen LogP contribution is -2.28. The zero-order chi connectivity index (χ0) is 10.3. The van der Waals surface area contributed by atoms with Crippen LogP contribution in [0.1, 0.15) is 18.2 Å². The maximum atomic E-state index is 10.4. The molecular formula is C10H14ClNOS. The minimum absolute atomic E-state index is 0.431. The van der Waals surface area contributed by atoms with E-state index < -0.39 is 5.60 Å². The van der Waals surface area contributed by atoms with Gasteiger partial charge in [-0.3, -0.25) is 0 Å². The number of hydrogen-bond acceptors (Lipinski definition) is 3. The van der Waals surface area contributed by atoms with Gasteiger partial charge in [0.25, 0.3) is 0 Å². The average Bonchev–Trinajstić information content (AvgIpc) is 2.60. The Balaban J connectivity index is 2.26. The van der Waals surface area contributed by atoms with E-state index in [2.05, 4.69) is 11.8 Å². The Bertz CT molecular complexity index is 329. The third-order valence-corrected chi connectivity index (χ3v) is 4.35. The highest BCUT2D eigenvalue weighted by molar-refractivity contribution is 7.16. The monoisotopic (exact) mass is 231 g/mol. The van der Waals surface area contributed by atoms with Crippen molar-refractivity contribution in [1.29, 1.82) is 0 Å². The number of halogens is 1. The maximum Gasteiger partial charge on any atom is 0.113 e. The molecule has 1 aliphatic heterocycles. The van der Waals surface area contributed by atoms with Crippen LogP contribution in [0.4, 0.5) is 0 Å². The molecule has 0 bridgehead atoms. The van der Waals surface area contributed by atoms with E-state index in [0.29, 0.717) is 12.6 Å². The van der Waals surface area contributed by atoms with E-state index in [1.165, 1.54) is 11.3 Å². The lowest BCUT2D eigenvalue weighted by atomic mass is 9.99. The summed E-state index contributed by atoms with van der Waals surface area (Å²) in [5.41, 5.74) is -0.689. The number of thiophene rings is 1. The SMILES string of the molecule is CC1CC(O)(c2ccc(Cl)s2)CN1C. The zero-order valence-corrected chi connectivity index (χ0v) is 9.90. The van der Waals surface area contributed by atoms with Crippen LogP contribution in [0.15, 0.2) is 12.1 Å². The van der Waals surface area contributed by atoms with Crippen molar-refractivity contribution in [3.8, 4) is 0 Å². The number of rotatable bonds is 1. The molecule has 78 valence electrons. The first-order valence-electron chi connectivity index (χ1n) is 4.70. The molecule has 0 amide bonds. The van der Waals surface area contributed by atoms with Gasteiger partial charge in [0.2, 0.25) is 0 Å². The Kier molecular flexibility index (Phi) is 2.60. The molecule has 1 aliphatic rings. The lowest BCUT2D eigenvalue weighted by molar-refractivity contribution is 0.0523. The highest BCUT2D eigenvalue weighted by atomic mass is 35.5. The molecule has 1 fully saturated rings. The fourth-order valence-corrected chi connectivity index (χ4v) is 3.15. The van der Waals surface area contributed by atoms with Gasteiger partial charge in [-0.25, -0.2) is 0 Å². The van der Waals surface area contributed by atoms with Crippen LogP contribution in [-0.2, 0) is 5.60 Å². The number of β-amino-alcohol motifs (C(OH)–C–C–N with tert-alkyl or cyclic N) is 1. The van der Waals surface area contributed by atoms with Gasteiger partial charge in [0, 0.05) is 17.5 Å². The summed E-state index contributed by atoms with van der Waals surface area (Å²) < 4.78 is 0.746. The fourth-order valence-electron chi connectivity index (χ4n) is 2.02. The predicted octanol–water partition coefficient (Wildman–Crippen LogP) is 2.31. The molecule has 14 heavy (non-hydrogen) atoms. The summed E-state index contributed by atoms with van der Waals surface area (Å²) in [6.45, 7) is 2.83. The van der Waals surface area contributed by atoms with E-state index in [1.54, 1.807) is 0 Å². The van der Waals surface area contributed by atoms with E-state index in [9.17, 15) is 5.11 Å². The summed E-state index contributed by atoms with van der Waals surface area (Å²) in [7, 11) is 2.04. The molecule has 2 nitrogen and oxygen atoms in total. The molecule has 4 heteroatoms. The highest BCUT2D eigenvalue weighted by Gasteiger charge is 2.41. The summed E-state index contributed by atoms with van der Waals surface area (Å²) in [5, 5.41) is 10.4. The van der Waals surface area contributed by atoms with Crippen molar-refractivity contribution in [2.24, 2.45) is 0 Å². The van der Waals surface area contributed by atoms with Crippen molar-refractivity contribution in [2.45, 2.75) is 25.0 Å². The average molecular weight is 232 g/mol. The van der Waals surface area contributed by atoms with Crippen LogP contribution in [0, 0.1) is 0 Å².